The van der Waals surface area contributed by atoms with Crippen LogP contribution < -0.4 is 10.0 Å². The molecule has 0 saturated carbocycles. The Morgan fingerprint density at radius 2 is 1.67 bits per heavy atom. The van der Waals surface area contributed by atoms with Gasteiger partial charge in [-0.3, -0.25) is 4.79 Å². The normalized spacial score (nSPS) is 13.2. The number of sulfonamides is 1. The second-order valence-electron chi connectivity index (χ2n) is 4.46. The number of rotatable bonds is 7. The van der Waals surface area contributed by atoms with Crippen molar-refractivity contribution in [2.75, 3.05) is 19.5 Å². The summed E-state index contributed by atoms with van der Waals surface area (Å²) < 4.78 is 36.9. The van der Waals surface area contributed by atoms with E-state index in [-0.39, 0.29) is 10.8 Å². The van der Waals surface area contributed by atoms with Crippen LogP contribution in [0.1, 0.15) is 13.8 Å². The number of methoxy groups -OCH3 is 2. The van der Waals surface area contributed by atoms with E-state index in [0.717, 1.165) is 0 Å². The van der Waals surface area contributed by atoms with Crippen LogP contribution in [0.4, 0.5) is 5.69 Å². The molecular weight excluding hydrogens is 296 g/mol. The molecule has 7 nitrogen and oxygen atoms in total. The maximum absolute atomic E-state index is 12.2. The minimum atomic E-state index is -3.69. The zero-order chi connectivity index (χ0) is 16.0. The van der Waals surface area contributed by atoms with E-state index in [1.165, 1.54) is 45.4 Å². The molecule has 8 heteroatoms. The van der Waals surface area contributed by atoms with Crippen molar-refractivity contribution in [1.29, 1.82) is 0 Å². The highest BCUT2D eigenvalue weighted by Crippen LogP contribution is 2.15. The zero-order valence-electron chi connectivity index (χ0n) is 12.4. The molecular formula is C13H20N2O5S. The quantitative estimate of drug-likeness (QED) is 0.730. The number of carbonyl (C=O) groups is 1. The van der Waals surface area contributed by atoms with Gasteiger partial charge in [-0.15, -0.1) is 0 Å². The van der Waals surface area contributed by atoms with Gasteiger partial charge in [-0.05, 0) is 31.2 Å². The Bertz CT molecular complexity index is 567. The van der Waals surface area contributed by atoms with Crippen molar-refractivity contribution in [3.05, 3.63) is 24.3 Å². The highest BCUT2D eigenvalue weighted by molar-refractivity contribution is 7.89. The van der Waals surface area contributed by atoms with Crippen molar-refractivity contribution in [2.24, 2.45) is 0 Å². The van der Waals surface area contributed by atoms with Crippen molar-refractivity contribution in [3.8, 4) is 0 Å². The number of hydrogen-bond donors (Lipinski definition) is 2. The molecule has 0 aromatic heterocycles. The van der Waals surface area contributed by atoms with Crippen LogP contribution in [0.5, 0.6) is 0 Å². The van der Waals surface area contributed by atoms with Gasteiger partial charge in [0.1, 0.15) is 0 Å². The summed E-state index contributed by atoms with van der Waals surface area (Å²) in [5.74, 6) is -0.222. The fourth-order valence-electron chi connectivity index (χ4n) is 1.79. The minimum Gasteiger partial charge on any atom is -0.354 e. The zero-order valence-corrected chi connectivity index (χ0v) is 13.2. The third kappa shape index (κ3) is 5.09. The number of nitrogens with one attached hydrogen (secondary N) is 2. The van der Waals surface area contributed by atoms with Gasteiger partial charge in [-0.1, -0.05) is 0 Å². The van der Waals surface area contributed by atoms with E-state index in [9.17, 15) is 13.2 Å². The van der Waals surface area contributed by atoms with Gasteiger partial charge in [-0.25, -0.2) is 13.1 Å². The second-order valence-corrected chi connectivity index (χ2v) is 6.17. The Kier molecular flexibility index (Phi) is 6.28. The summed E-state index contributed by atoms with van der Waals surface area (Å²) in [7, 11) is -0.829. The third-order valence-corrected chi connectivity index (χ3v) is 4.27. The first-order valence-corrected chi connectivity index (χ1v) is 7.74. The lowest BCUT2D eigenvalue weighted by Gasteiger charge is -2.22. The van der Waals surface area contributed by atoms with Crippen molar-refractivity contribution < 1.29 is 22.7 Å². The molecule has 1 aromatic carbocycles. The maximum atomic E-state index is 12.2. The fourth-order valence-corrected chi connectivity index (χ4v) is 3.02. The van der Waals surface area contributed by atoms with Gasteiger partial charge < -0.3 is 14.8 Å². The molecule has 0 aliphatic carbocycles. The van der Waals surface area contributed by atoms with E-state index in [2.05, 4.69) is 10.0 Å². The maximum Gasteiger partial charge on any atom is 0.240 e. The largest absolute Gasteiger partial charge is 0.354 e. The van der Waals surface area contributed by atoms with Gasteiger partial charge in [0.15, 0.2) is 6.29 Å². The minimum absolute atomic E-state index is 0.0920. The summed E-state index contributed by atoms with van der Waals surface area (Å²) in [5, 5.41) is 2.57. The first-order valence-electron chi connectivity index (χ1n) is 6.25. The van der Waals surface area contributed by atoms with Crippen LogP contribution in [0, 0.1) is 0 Å². The Labute approximate surface area is 124 Å². The molecule has 21 heavy (non-hydrogen) atoms. The van der Waals surface area contributed by atoms with Crippen molar-refractivity contribution >= 4 is 21.6 Å². The monoisotopic (exact) mass is 316 g/mol. The third-order valence-electron chi connectivity index (χ3n) is 2.70. The summed E-state index contributed by atoms with van der Waals surface area (Å²) in [6.07, 6.45) is -0.682. The molecule has 1 unspecified atom stereocenters. The topological polar surface area (TPSA) is 93.7 Å². The molecule has 0 fully saturated rings. The molecule has 2 N–H and O–H groups in total. The Hall–Kier alpha value is -1.48. The van der Waals surface area contributed by atoms with Crippen LogP contribution in [-0.4, -0.2) is 40.9 Å². The van der Waals surface area contributed by atoms with E-state index in [1.807, 2.05) is 0 Å². The standard InChI is InChI=1S/C13H20N2O5S/c1-9(13(19-3)20-4)15-21(17,18)12-7-5-11(6-8-12)14-10(2)16/h5-9,13,15H,1-4H3,(H,14,16). The number of ether oxygens (including phenoxy) is 2. The Morgan fingerprint density at radius 3 is 2.10 bits per heavy atom. The lowest BCUT2D eigenvalue weighted by Crippen LogP contribution is -2.42. The van der Waals surface area contributed by atoms with Gasteiger partial charge in [0.2, 0.25) is 15.9 Å². The van der Waals surface area contributed by atoms with Gasteiger partial charge in [0, 0.05) is 26.8 Å². The summed E-state index contributed by atoms with van der Waals surface area (Å²) in [4.78, 5) is 11.0. The van der Waals surface area contributed by atoms with Crippen LogP contribution in [0.15, 0.2) is 29.2 Å². The molecule has 0 heterocycles. The van der Waals surface area contributed by atoms with E-state index in [4.69, 9.17) is 9.47 Å². The van der Waals surface area contributed by atoms with Gasteiger partial charge in [0.05, 0.1) is 10.9 Å². The van der Waals surface area contributed by atoms with E-state index in [1.54, 1.807) is 6.92 Å². The summed E-state index contributed by atoms with van der Waals surface area (Å²) in [6.45, 7) is 3.02. The number of amides is 1. The molecule has 0 aliphatic heterocycles. The Balaban J connectivity index is 2.85. The molecule has 0 spiro atoms. The smallest absolute Gasteiger partial charge is 0.240 e. The summed E-state index contributed by atoms with van der Waals surface area (Å²) in [5.41, 5.74) is 0.529. The van der Waals surface area contributed by atoms with Gasteiger partial charge in [-0.2, -0.15) is 0 Å². The van der Waals surface area contributed by atoms with E-state index >= 15 is 0 Å². The Morgan fingerprint density at radius 1 is 1.14 bits per heavy atom. The number of hydrogen-bond acceptors (Lipinski definition) is 5. The van der Waals surface area contributed by atoms with Crippen LogP contribution in [0.2, 0.25) is 0 Å². The first kappa shape index (κ1) is 17.6. The number of benzene rings is 1. The predicted octanol–water partition coefficient (Wildman–Crippen LogP) is 0.931. The van der Waals surface area contributed by atoms with Crippen LogP contribution in [0.25, 0.3) is 0 Å². The molecule has 1 aromatic rings. The number of carbonyl (C=O) groups excluding carboxylic acids is 1. The van der Waals surface area contributed by atoms with Crippen LogP contribution >= 0.6 is 0 Å². The van der Waals surface area contributed by atoms with Crippen molar-refractivity contribution in [3.63, 3.8) is 0 Å². The molecule has 118 valence electrons. The molecule has 0 saturated heterocycles. The SMILES string of the molecule is COC(OC)C(C)NS(=O)(=O)c1ccc(NC(C)=O)cc1. The summed E-state index contributed by atoms with van der Waals surface area (Å²) >= 11 is 0. The van der Waals surface area contributed by atoms with E-state index < -0.39 is 22.4 Å². The molecule has 1 atom stereocenters. The van der Waals surface area contributed by atoms with Crippen molar-refractivity contribution in [1.82, 2.24) is 4.72 Å². The molecule has 1 amide bonds. The molecule has 0 aliphatic rings. The first-order chi connectivity index (χ1) is 9.80. The van der Waals surface area contributed by atoms with Gasteiger partial charge >= 0.3 is 0 Å². The average molecular weight is 316 g/mol. The van der Waals surface area contributed by atoms with E-state index in [0.29, 0.717) is 5.69 Å². The van der Waals surface area contributed by atoms with Crippen LogP contribution in [0.3, 0.4) is 0 Å². The highest BCUT2D eigenvalue weighted by Gasteiger charge is 2.23. The molecule has 0 bridgehead atoms. The second kappa shape index (κ2) is 7.51. The van der Waals surface area contributed by atoms with Gasteiger partial charge in [0.25, 0.3) is 0 Å². The number of anilines is 1. The predicted molar refractivity (Wildman–Crippen MR) is 78.3 cm³/mol. The van der Waals surface area contributed by atoms with Crippen molar-refractivity contribution in [2.45, 2.75) is 31.1 Å². The molecule has 0 radical (unpaired) electrons. The summed E-state index contributed by atoms with van der Waals surface area (Å²) in [6, 6.07) is 5.30. The van der Waals surface area contributed by atoms with Crippen LogP contribution in [-0.2, 0) is 24.3 Å². The average Bonchev–Trinajstić information content (AvgIpc) is 2.39. The highest BCUT2D eigenvalue weighted by atomic mass is 32.2. The fraction of sp³-hybridized carbons (Fsp3) is 0.462. The lowest BCUT2D eigenvalue weighted by molar-refractivity contribution is -0.115. The lowest BCUT2D eigenvalue weighted by atomic mass is 10.3. The molecule has 1 rings (SSSR count).